The zero-order chi connectivity index (χ0) is 9.26. The van der Waals surface area contributed by atoms with Gasteiger partial charge in [0.15, 0.2) is 5.82 Å². The summed E-state index contributed by atoms with van der Waals surface area (Å²) in [6, 6.07) is 0. The first-order valence-corrected chi connectivity index (χ1v) is 4.92. The zero-order valence-corrected chi connectivity index (χ0v) is 7.95. The highest BCUT2D eigenvalue weighted by atomic mass is 15.2. The van der Waals surface area contributed by atoms with Crippen LogP contribution in [-0.2, 0) is 6.54 Å². The van der Waals surface area contributed by atoms with Crippen LogP contribution in [0.2, 0.25) is 0 Å². The molecule has 0 radical (unpaired) electrons. The minimum atomic E-state index is 0.452. The summed E-state index contributed by atoms with van der Waals surface area (Å²) in [5.41, 5.74) is 5.46. The number of H-pyrrole nitrogens is 1. The molecule has 3 N–H and O–H groups in total. The molecule has 2 rings (SSSR count). The molecule has 2 atom stereocenters. The molecule has 0 saturated heterocycles. The van der Waals surface area contributed by atoms with Crippen LogP contribution in [0.4, 0.5) is 0 Å². The van der Waals surface area contributed by atoms with Gasteiger partial charge in [0.2, 0.25) is 0 Å². The normalized spacial score (nSPS) is 28.2. The van der Waals surface area contributed by atoms with E-state index in [0.29, 0.717) is 12.5 Å². The van der Waals surface area contributed by atoms with E-state index in [4.69, 9.17) is 5.73 Å². The number of hydrogen-bond donors (Lipinski definition) is 2. The molecule has 1 heterocycles. The third-order valence-corrected chi connectivity index (χ3v) is 2.94. The van der Waals surface area contributed by atoms with Crippen LogP contribution in [0.15, 0.2) is 0 Å². The van der Waals surface area contributed by atoms with Gasteiger partial charge in [0.25, 0.3) is 0 Å². The number of aromatic amines is 1. The number of aromatic nitrogens is 3. The highest BCUT2D eigenvalue weighted by Crippen LogP contribution is 2.37. The third kappa shape index (κ3) is 1.58. The van der Waals surface area contributed by atoms with Gasteiger partial charge in [-0.05, 0) is 18.8 Å². The fourth-order valence-electron chi connectivity index (χ4n) is 2.10. The Labute approximate surface area is 77.9 Å². The molecule has 1 aliphatic carbocycles. The average molecular weight is 180 g/mol. The van der Waals surface area contributed by atoms with E-state index in [0.717, 1.165) is 17.6 Å². The largest absolute Gasteiger partial charge is 0.324 e. The predicted octanol–water partition coefficient (Wildman–Crippen LogP) is 1.17. The molecule has 0 aromatic carbocycles. The van der Waals surface area contributed by atoms with Crippen LogP contribution >= 0.6 is 0 Å². The van der Waals surface area contributed by atoms with E-state index in [9.17, 15) is 0 Å². The molecule has 4 heteroatoms. The van der Waals surface area contributed by atoms with Crippen molar-refractivity contribution in [3.63, 3.8) is 0 Å². The smallest absolute Gasteiger partial charge is 0.154 e. The summed E-state index contributed by atoms with van der Waals surface area (Å²) in [5, 5.41) is 7.07. The van der Waals surface area contributed by atoms with E-state index in [2.05, 4.69) is 22.1 Å². The second kappa shape index (κ2) is 3.46. The number of nitrogens with two attached hydrogens (primary N) is 1. The van der Waals surface area contributed by atoms with Crippen molar-refractivity contribution < 1.29 is 0 Å². The van der Waals surface area contributed by atoms with Crippen LogP contribution in [-0.4, -0.2) is 15.2 Å². The van der Waals surface area contributed by atoms with Gasteiger partial charge in [0, 0.05) is 5.92 Å². The van der Waals surface area contributed by atoms with Crippen molar-refractivity contribution in [2.75, 3.05) is 0 Å². The summed E-state index contributed by atoms with van der Waals surface area (Å²) in [5.74, 6) is 3.04. The van der Waals surface area contributed by atoms with Gasteiger partial charge in [-0.3, -0.25) is 5.10 Å². The van der Waals surface area contributed by atoms with Crippen LogP contribution in [0.1, 0.15) is 43.8 Å². The topological polar surface area (TPSA) is 67.6 Å². The monoisotopic (exact) mass is 180 g/mol. The van der Waals surface area contributed by atoms with Gasteiger partial charge < -0.3 is 5.73 Å². The van der Waals surface area contributed by atoms with Crippen molar-refractivity contribution in [3.05, 3.63) is 11.6 Å². The Morgan fingerprint density at radius 2 is 2.38 bits per heavy atom. The quantitative estimate of drug-likeness (QED) is 0.717. The minimum absolute atomic E-state index is 0.452. The van der Waals surface area contributed by atoms with Crippen LogP contribution in [0, 0.1) is 5.92 Å². The SMILES string of the molecule is CC1CCCC1c1n[nH]c(CN)n1. The summed E-state index contributed by atoms with van der Waals surface area (Å²) in [4.78, 5) is 4.37. The van der Waals surface area contributed by atoms with Gasteiger partial charge >= 0.3 is 0 Å². The molecule has 1 aliphatic rings. The van der Waals surface area contributed by atoms with Gasteiger partial charge in [-0.15, -0.1) is 0 Å². The van der Waals surface area contributed by atoms with Gasteiger partial charge in [0.1, 0.15) is 5.82 Å². The van der Waals surface area contributed by atoms with Crippen molar-refractivity contribution in [2.45, 2.75) is 38.6 Å². The van der Waals surface area contributed by atoms with Crippen molar-refractivity contribution in [3.8, 4) is 0 Å². The maximum atomic E-state index is 5.46. The van der Waals surface area contributed by atoms with E-state index < -0.39 is 0 Å². The molecule has 0 spiro atoms. The molecule has 2 unspecified atom stereocenters. The van der Waals surface area contributed by atoms with Gasteiger partial charge in [-0.1, -0.05) is 13.3 Å². The molecule has 1 aromatic heterocycles. The molecule has 0 amide bonds. The predicted molar refractivity (Wildman–Crippen MR) is 50.0 cm³/mol. The Morgan fingerprint density at radius 3 is 2.92 bits per heavy atom. The number of nitrogens with zero attached hydrogens (tertiary/aromatic N) is 2. The second-order valence-electron chi connectivity index (χ2n) is 3.86. The van der Waals surface area contributed by atoms with E-state index in [1.165, 1.54) is 19.3 Å². The number of hydrogen-bond acceptors (Lipinski definition) is 3. The lowest BCUT2D eigenvalue weighted by atomic mass is 9.98. The Kier molecular flexibility index (Phi) is 2.31. The fraction of sp³-hybridized carbons (Fsp3) is 0.778. The van der Waals surface area contributed by atoms with Gasteiger partial charge in [0.05, 0.1) is 6.54 Å². The zero-order valence-electron chi connectivity index (χ0n) is 7.95. The average Bonchev–Trinajstić information content (AvgIpc) is 2.71. The first-order chi connectivity index (χ1) is 6.31. The van der Waals surface area contributed by atoms with Gasteiger partial charge in [-0.2, -0.15) is 5.10 Å². The van der Waals surface area contributed by atoms with Gasteiger partial charge in [-0.25, -0.2) is 4.98 Å². The fourth-order valence-corrected chi connectivity index (χ4v) is 2.10. The molecule has 1 aromatic rings. The standard InChI is InChI=1S/C9H16N4/c1-6-3-2-4-7(6)9-11-8(5-10)12-13-9/h6-7H,2-5,10H2,1H3,(H,11,12,13). The highest BCUT2D eigenvalue weighted by molar-refractivity contribution is 5.01. The minimum Gasteiger partial charge on any atom is -0.324 e. The number of nitrogens with one attached hydrogen (secondary N) is 1. The molecule has 1 saturated carbocycles. The Morgan fingerprint density at radius 1 is 1.54 bits per heavy atom. The lowest BCUT2D eigenvalue weighted by molar-refractivity contribution is 0.511. The van der Waals surface area contributed by atoms with E-state index in [1.54, 1.807) is 0 Å². The van der Waals surface area contributed by atoms with Crippen LogP contribution in [0.5, 0.6) is 0 Å². The van der Waals surface area contributed by atoms with Crippen molar-refractivity contribution in [1.29, 1.82) is 0 Å². The molecule has 0 aliphatic heterocycles. The Balaban J connectivity index is 2.15. The first-order valence-electron chi connectivity index (χ1n) is 4.92. The van der Waals surface area contributed by atoms with Crippen molar-refractivity contribution >= 4 is 0 Å². The summed E-state index contributed by atoms with van der Waals surface area (Å²) >= 11 is 0. The lowest BCUT2D eigenvalue weighted by Crippen LogP contribution is -2.04. The first kappa shape index (κ1) is 8.69. The molecular weight excluding hydrogens is 164 g/mol. The van der Waals surface area contributed by atoms with Crippen LogP contribution in [0.25, 0.3) is 0 Å². The summed E-state index contributed by atoms with van der Waals surface area (Å²) in [7, 11) is 0. The molecule has 1 fully saturated rings. The summed E-state index contributed by atoms with van der Waals surface area (Å²) in [6.45, 7) is 2.73. The lowest BCUT2D eigenvalue weighted by Gasteiger charge is -2.09. The summed E-state index contributed by atoms with van der Waals surface area (Å²) < 4.78 is 0. The highest BCUT2D eigenvalue weighted by Gasteiger charge is 2.27. The maximum Gasteiger partial charge on any atom is 0.154 e. The Hall–Kier alpha value is -0.900. The molecule has 0 bridgehead atoms. The van der Waals surface area contributed by atoms with Crippen molar-refractivity contribution in [1.82, 2.24) is 15.2 Å². The van der Waals surface area contributed by atoms with E-state index in [1.807, 2.05) is 0 Å². The molecule has 13 heavy (non-hydrogen) atoms. The van der Waals surface area contributed by atoms with E-state index >= 15 is 0 Å². The molecule has 4 nitrogen and oxygen atoms in total. The summed E-state index contributed by atoms with van der Waals surface area (Å²) in [6.07, 6.45) is 3.83. The number of rotatable bonds is 2. The Bertz CT molecular complexity index is 281. The second-order valence-corrected chi connectivity index (χ2v) is 3.86. The maximum absolute atomic E-state index is 5.46. The van der Waals surface area contributed by atoms with Crippen molar-refractivity contribution in [2.24, 2.45) is 11.7 Å². The van der Waals surface area contributed by atoms with E-state index in [-0.39, 0.29) is 0 Å². The third-order valence-electron chi connectivity index (χ3n) is 2.94. The molecular formula is C9H16N4. The van der Waals surface area contributed by atoms with Crippen LogP contribution in [0.3, 0.4) is 0 Å². The van der Waals surface area contributed by atoms with Crippen LogP contribution < -0.4 is 5.73 Å². The molecule has 72 valence electrons.